The van der Waals surface area contributed by atoms with E-state index in [1.54, 1.807) is 25.8 Å². The Kier molecular flexibility index (Phi) is 4.83. The Bertz CT molecular complexity index is 835. The fourth-order valence-electron chi connectivity index (χ4n) is 3.31. The summed E-state index contributed by atoms with van der Waals surface area (Å²) < 4.78 is 6.90. The zero-order valence-corrected chi connectivity index (χ0v) is 14.7. The fourth-order valence-corrected chi connectivity index (χ4v) is 3.31. The van der Waals surface area contributed by atoms with E-state index in [0.717, 1.165) is 49.6 Å². The molecule has 3 aromatic heterocycles. The Morgan fingerprint density at radius 2 is 2.04 bits per heavy atom. The van der Waals surface area contributed by atoms with Crippen molar-refractivity contribution in [2.24, 2.45) is 0 Å². The van der Waals surface area contributed by atoms with Gasteiger partial charge in [0.15, 0.2) is 5.82 Å². The van der Waals surface area contributed by atoms with E-state index in [1.165, 1.54) is 0 Å². The Labute approximate surface area is 151 Å². The lowest BCUT2D eigenvalue weighted by Crippen LogP contribution is -2.34. The Balaban J connectivity index is 1.45. The van der Waals surface area contributed by atoms with Crippen LogP contribution in [0.5, 0.6) is 6.01 Å². The minimum absolute atomic E-state index is 0.374. The number of hydrogen-bond acceptors (Lipinski definition) is 7. The van der Waals surface area contributed by atoms with Gasteiger partial charge in [0.2, 0.25) is 0 Å². The summed E-state index contributed by atoms with van der Waals surface area (Å²) in [6.45, 7) is 2.85. The van der Waals surface area contributed by atoms with Gasteiger partial charge in [0.05, 0.1) is 19.0 Å². The lowest BCUT2D eigenvalue weighted by molar-refractivity contribution is 0.197. The van der Waals surface area contributed by atoms with Gasteiger partial charge in [0, 0.05) is 55.6 Å². The maximum Gasteiger partial charge on any atom is 0.316 e. The first-order chi connectivity index (χ1) is 12.8. The molecule has 0 unspecified atom stereocenters. The smallest absolute Gasteiger partial charge is 0.316 e. The van der Waals surface area contributed by atoms with Crippen molar-refractivity contribution in [1.82, 2.24) is 34.4 Å². The lowest BCUT2D eigenvalue weighted by Gasteiger charge is -2.32. The minimum Gasteiger partial charge on any atom is -0.467 e. The molecule has 0 amide bonds. The third-order valence-corrected chi connectivity index (χ3v) is 4.60. The van der Waals surface area contributed by atoms with Crippen LogP contribution in [0.25, 0.3) is 5.82 Å². The molecule has 1 aliphatic rings. The SMILES string of the molecule is COc1ncc(CN2CCC[C@H](c3cncc(-n4ccnc4)n3)C2)cn1. The van der Waals surface area contributed by atoms with E-state index >= 15 is 0 Å². The number of likely N-dealkylation sites (tertiary alicyclic amines) is 1. The van der Waals surface area contributed by atoms with Crippen LogP contribution in [0.1, 0.15) is 30.0 Å². The Hall–Kier alpha value is -2.87. The lowest BCUT2D eigenvalue weighted by atomic mass is 9.95. The van der Waals surface area contributed by atoms with Crippen LogP contribution < -0.4 is 4.74 Å². The molecular weight excluding hydrogens is 330 g/mol. The zero-order valence-electron chi connectivity index (χ0n) is 14.7. The summed E-state index contributed by atoms with van der Waals surface area (Å²) in [6.07, 6.45) is 14.9. The standard InChI is InChI=1S/C18H21N7O/c1-26-18-21-7-14(8-22-18)11-24-5-2-3-15(12-24)16-9-20-10-17(23-16)25-6-4-19-13-25/h4,6-10,13,15H,2-3,5,11-12H2,1H3/t15-/m0/s1. The highest BCUT2D eigenvalue weighted by molar-refractivity contribution is 5.21. The molecule has 0 bridgehead atoms. The van der Waals surface area contributed by atoms with Crippen LogP contribution in [-0.2, 0) is 6.54 Å². The molecule has 8 nitrogen and oxygen atoms in total. The molecule has 1 saturated heterocycles. The van der Waals surface area contributed by atoms with Crippen molar-refractivity contribution in [1.29, 1.82) is 0 Å². The van der Waals surface area contributed by atoms with E-state index in [9.17, 15) is 0 Å². The van der Waals surface area contributed by atoms with Crippen molar-refractivity contribution in [2.45, 2.75) is 25.3 Å². The highest BCUT2D eigenvalue weighted by Crippen LogP contribution is 2.26. The molecule has 8 heteroatoms. The Morgan fingerprint density at radius 3 is 2.81 bits per heavy atom. The molecule has 1 atom stereocenters. The van der Waals surface area contributed by atoms with Crippen LogP contribution in [0.4, 0.5) is 0 Å². The second-order valence-electron chi connectivity index (χ2n) is 6.42. The van der Waals surface area contributed by atoms with Gasteiger partial charge < -0.3 is 4.74 Å². The molecule has 134 valence electrons. The van der Waals surface area contributed by atoms with Crippen LogP contribution >= 0.6 is 0 Å². The first-order valence-electron chi connectivity index (χ1n) is 8.69. The van der Waals surface area contributed by atoms with Gasteiger partial charge >= 0.3 is 6.01 Å². The summed E-state index contributed by atoms with van der Waals surface area (Å²) in [5.41, 5.74) is 2.12. The molecular formula is C18H21N7O. The number of methoxy groups -OCH3 is 1. The Morgan fingerprint density at radius 1 is 1.15 bits per heavy atom. The molecule has 0 aromatic carbocycles. The van der Waals surface area contributed by atoms with Gasteiger partial charge in [-0.25, -0.2) is 19.9 Å². The van der Waals surface area contributed by atoms with Crippen LogP contribution in [0.2, 0.25) is 0 Å². The van der Waals surface area contributed by atoms with Crippen molar-refractivity contribution in [2.75, 3.05) is 20.2 Å². The fraction of sp³-hybridized carbons (Fsp3) is 0.389. The molecule has 0 radical (unpaired) electrons. The van der Waals surface area contributed by atoms with Gasteiger partial charge in [-0.15, -0.1) is 0 Å². The summed E-state index contributed by atoms with van der Waals surface area (Å²) >= 11 is 0. The second kappa shape index (κ2) is 7.57. The first kappa shape index (κ1) is 16.6. The topological polar surface area (TPSA) is 81.9 Å². The highest BCUT2D eigenvalue weighted by Gasteiger charge is 2.23. The summed E-state index contributed by atoms with van der Waals surface area (Å²) in [6, 6.07) is 0.400. The molecule has 0 spiro atoms. The normalized spacial score (nSPS) is 18.0. The third kappa shape index (κ3) is 3.70. The zero-order chi connectivity index (χ0) is 17.8. The molecule has 0 N–H and O–H groups in total. The molecule has 3 aromatic rings. The third-order valence-electron chi connectivity index (χ3n) is 4.60. The van der Waals surface area contributed by atoms with Crippen LogP contribution in [0.15, 0.2) is 43.5 Å². The number of piperidine rings is 1. The molecule has 0 saturated carbocycles. The molecule has 4 heterocycles. The summed E-state index contributed by atoms with van der Waals surface area (Å²) in [4.78, 5) is 24.1. The number of imidazole rings is 1. The van der Waals surface area contributed by atoms with Gasteiger partial charge in [-0.1, -0.05) is 0 Å². The number of aromatic nitrogens is 6. The van der Waals surface area contributed by atoms with E-state index in [4.69, 9.17) is 9.72 Å². The van der Waals surface area contributed by atoms with Crippen molar-refractivity contribution in [3.05, 3.63) is 54.8 Å². The number of hydrogen-bond donors (Lipinski definition) is 0. The van der Waals surface area contributed by atoms with E-state index in [-0.39, 0.29) is 0 Å². The van der Waals surface area contributed by atoms with Gasteiger partial charge in [0.25, 0.3) is 0 Å². The maximum absolute atomic E-state index is 5.02. The molecule has 1 fully saturated rings. The number of ether oxygens (including phenoxy) is 1. The van der Waals surface area contributed by atoms with Crippen molar-refractivity contribution in [3.63, 3.8) is 0 Å². The monoisotopic (exact) mass is 351 g/mol. The van der Waals surface area contributed by atoms with E-state index < -0.39 is 0 Å². The predicted molar refractivity (Wildman–Crippen MR) is 95.0 cm³/mol. The highest BCUT2D eigenvalue weighted by atomic mass is 16.5. The summed E-state index contributed by atoms with van der Waals surface area (Å²) in [5, 5.41) is 0. The minimum atomic E-state index is 0.374. The van der Waals surface area contributed by atoms with Gasteiger partial charge in [-0.3, -0.25) is 14.5 Å². The molecule has 1 aliphatic heterocycles. The predicted octanol–water partition coefficient (Wildman–Crippen LogP) is 1.84. The largest absolute Gasteiger partial charge is 0.467 e. The number of rotatable bonds is 5. The second-order valence-corrected chi connectivity index (χ2v) is 6.42. The van der Waals surface area contributed by atoms with Crippen molar-refractivity contribution < 1.29 is 4.74 Å². The molecule has 26 heavy (non-hydrogen) atoms. The van der Waals surface area contributed by atoms with E-state index in [0.29, 0.717) is 11.9 Å². The van der Waals surface area contributed by atoms with Gasteiger partial charge in [0.1, 0.15) is 6.33 Å². The average molecular weight is 351 g/mol. The van der Waals surface area contributed by atoms with E-state index in [2.05, 4.69) is 24.8 Å². The molecule has 4 rings (SSSR count). The summed E-state index contributed by atoms with van der Waals surface area (Å²) in [5.74, 6) is 1.18. The van der Waals surface area contributed by atoms with Gasteiger partial charge in [-0.05, 0) is 19.4 Å². The first-order valence-corrected chi connectivity index (χ1v) is 8.69. The quantitative estimate of drug-likeness (QED) is 0.694. The van der Waals surface area contributed by atoms with Crippen LogP contribution in [-0.4, -0.2) is 54.6 Å². The van der Waals surface area contributed by atoms with Crippen molar-refractivity contribution in [3.8, 4) is 11.8 Å². The molecule has 0 aliphatic carbocycles. The number of nitrogens with zero attached hydrogens (tertiary/aromatic N) is 7. The van der Waals surface area contributed by atoms with Crippen molar-refractivity contribution >= 4 is 0 Å². The summed E-state index contributed by atoms with van der Waals surface area (Å²) in [7, 11) is 1.57. The van der Waals surface area contributed by atoms with Crippen LogP contribution in [0.3, 0.4) is 0 Å². The average Bonchev–Trinajstić information content (AvgIpc) is 3.24. The van der Waals surface area contributed by atoms with E-state index in [1.807, 2.05) is 29.4 Å². The maximum atomic E-state index is 5.02. The van der Waals surface area contributed by atoms with Crippen LogP contribution in [0, 0.1) is 0 Å². The van der Waals surface area contributed by atoms with Gasteiger partial charge in [-0.2, -0.15) is 0 Å².